The Hall–Kier alpha value is -0.0800. The summed E-state index contributed by atoms with van der Waals surface area (Å²) >= 11 is 0. The van der Waals surface area contributed by atoms with Crippen molar-refractivity contribution in [2.75, 3.05) is 19.6 Å². The fourth-order valence-corrected chi connectivity index (χ4v) is 0.750. The van der Waals surface area contributed by atoms with Gasteiger partial charge in [0.2, 0.25) is 0 Å². The van der Waals surface area contributed by atoms with Gasteiger partial charge in [-0.25, -0.2) is 0 Å². The minimum atomic E-state index is 0. The van der Waals surface area contributed by atoms with Crippen LogP contribution in [0.5, 0.6) is 0 Å². The van der Waals surface area contributed by atoms with E-state index in [9.17, 15) is 0 Å². The third-order valence-corrected chi connectivity index (χ3v) is 1.50. The second-order valence-electron chi connectivity index (χ2n) is 1.81. The standard InChI is InChI=1S/C6H15N.H2O/c1-4-7(5-2)6-3;/h4-6H2,1-3H3;1H2. The monoisotopic (exact) mass is 119 g/mol. The van der Waals surface area contributed by atoms with Gasteiger partial charge in [0.25, 0.3) is 0 Å². The van der Waals surface area contributed by atoms with Crippen LogP contribution in [0.2, 0.25) is 0 Å². The third kappa shape index (κ3) is 4.09. The molecule has 0 bridgehead atoms. The van der Waals surface area contributed by atoms with Gasteiger partial charge in [-0.2, -0.15) is 0 Å². The molecule has 0 aliphatic heterocycles. The molecule has 0 fully saturated rings. The van der Waals surface area contributed by atoms with Gasteiger partial charge in [0.1, 0.15) is 0 Å². The summed E-state index contributed by atoms with van der Waals surface area (Å²) in [5.41, 5.74) is 0. The Morgan fingerprint density at radius 2 is 1.12 bits per heavy atom. The first-order valence-electron chi connectivity index (χ1n) is 3.18. The van der Waals surface area contributed by atoms with Crippen molar-refractivity contribution in [1.82, 2.24) is 0 Å². The van der Waals surface area contributed by atoms with Gasteiger partial charge in [0.15, 0.2) is 0 Å². The van der Waals surface area contributed by atoms with Crippen LogP contribution in [-0.2, 0) is 0 Å². The summed E-state index contributed by atoms with van der Waals surface area (Å²) in [6.45, 7) is 10.5. The van der Waals surface area contributed by atoms with E-state index in [1.165, 1.54) is 19.6 Å². The van der Waals surface area contributed by atoms with Crippen LogP contribution in [0.25, 0.3) is 0 Å². The highest BCUT2D eigenvalue weighted by atomic mass is 16.0. The second-order valence-corrected chi connectivity index (χ2v) is 1.81. The molecule has 0 aromatic rings. The molecule has 0 aliphatic rings. The minimum Gasteiger partial charge on any atom is -0.870 e. The van der Waals surface area contributed by atoms with Crippen molar-refractivity contribution in [3.63, 3.8) is 0 Å². The van der Waals surface area contributed by atoms with Crippen LogP contribution in [0, 0.1) is 0 Å². The first-order valence-corrected chi connectivity index (χ1v) is 3.18. The summed E-state index contributed by atoms with van der Waals surface area (Å²) in [6.07, 6.45) is 0. The van der Waals surface area contributed by atoms with Crippen LogP contribution >= 0.6 is 0 Å². The molecule has 0 amide bonds. The highest BCUT2D eigenvalue weighted by Crippen LogP contribution is 1.45. The van der Waals surface area contributed by atoms with Crippen LogP contribution < -0.4 is 4.90 Å². The van der Waals surface area contributed by atoms with Crippen molar-refractivity contribution in [2.45, 2.75) is 20.8 Å². The predicted octanol–water partition coefficient (Wildman–Crippen LogP) is -0.246. The van der Waals surface area contributed by atoms with E-state index in [0.717, 1.165) is 0 Å². The van der Waals surface area contributed by atoms with Crippen molar-refractivity contribution in [3.05, 3.63) is 0 Å². The van der Waals surface area contributed by atoms with E-state index in [4.69, 9.17) is 0 Å². The van der Waals surface area contributed by atoms with Gasteiger partial charge in [0.05, 0.1) is 19.6 Å². The largest absolute Gasteiger partial charge is 0.870 e. The summed E-state index contributed by atoms with van der Waals surface area (Å²) in [7, 11) is 0. The second kappa shape index (κ2) is 6.92. The van der Waals surface area contributed by atoms with Crippen LogP contribution in [0.15, 0.2) is 0 Å². The molecule has 0 aliphatic carbocycles. The average Bonchev–Trinajstić information content (AvgIpc) is 1.72. The molecule has 0 saturated heterocycles. The zero-order valence-corrected chi connectivity index (χ0v) is 6.07. The molecule has 0 spiro atoms. The van der Waals surface area contributed by atoms with E-state index in [1.54, 1.807) is 4.90 Å². The summed E-state index contributed by atoms with van der Waals surface area (Å²) in [5.74, 6) is 0. The van der Waals surface area contributed by atoms with E-state index < -0.39 is 0 Å². The van der Waals surface area contributed by atoms with E-state index in [2.05, 4.69) is 20.8 Å². The summed E-state index contributed by atoms with van der Waals surface area (Å²) in [5, 5.41) is 0. The number of quaternary nitrogens is 1. The van der Waals surface area contributed by atoms with Gasteiger partial charge in [-0.3, -0.25) is 0 Å². The van der Waals surface area contributed by atoms with Gasteiger partial charge in [-0.1, -0.05) is 0 Å². The van der Waals surface area contributed by atoms with Crippen LogP contribution in [0.4, 0.5) is 0 Å². The molecule has 0 saturated carbocycles. The molecular formula is C6H17NO. The van der Waals surface area contributed by atoms with E-state index in [1.807, 2.05) is 0 Å². The quantitative estimate of drug-likeness (QED) is 0.546. The number of hydrogen-bond acceptors (Lipinski definition) is 1. The molecule has 2 nitrogen and oxygen atoms in total. The lowest BCUT2D eigenvalue weighted by atomic mass is 10.5. The fourth-order valence-electron chi connectivity index (χ4n) is 0.750. The molecule has 0 aromatic carbocycles. The number of rotatable bonds is 3. The molecule has 8 heavy (non-hydrogen) atoms. The highest BCUT2D eigenvalue weighted by Gasteiger charge is 1.92. The molecule has 2 heteroatoms. The van der Waals surface area contributed by atoms with Crippen molar-refractivity contribution in [3.8, 4) is 0 Å². The van der Waals surface area contributed by atoms with Crippen LogP contribution in [0.3, 0.4) is 0 Å². The van der Waals surface area contributed by atoms with Gasteiger partial charge in [0, 0.05) is 0 Å². The van der Waals surface area contributed by atoms with Crippen LogP contribution in [0.1, 0.15) is 20.8 Å². The zero-order valence-electron chi connectivity index (χ0n) is 6.07. The van der Waals surface area contributed by atoms with Crippen molar-refractivity contribution < 1.29 is 10.4 Å². The predicted molar refractivity (Wildman–Crippen MR) is 34.5 cm³/mol. The summed E-state index contributed by atoms with van der Waals surface area (Å²) in [4.78, 5) is 1.68. The Morgan fingerprint density at radius 3 is 1.12 bits per heavy atom. The van der Waals surface area contributed by atoms with Crippen molar-refractivity contribution in [2.24, 2.45) is 0 Å². The van der Waals surface area contributed by atoms with E-state index >= 15 is 0 Å². The lowest BCUT2D eigenvalue weighted by Gasteiger charge is -2.10. The SMILES string of the molecule is CC[NH+](CC)CC.[OH-]. The first kappa shape index (κ1) is 10.8. The molecule has 2 N–H and O–H groups in total. The maximum Gasteiger partial charge on any atom is 0.0742 e. The van der Waals surface area contributed by atoms with E-state index in [-0.39, 0.29) is 5.48 Å². The number of nitrogens with one attached hydrogen (secondary N) is 1. The highest BCUT2D eigenvalue weighted by molar-refractivity contribution is 4.11. The molecule has 0 unspecified atom stereocenters. The Labute approximate surface area is 51.8 Å². The summed E-state index contributed by atoms with van der Waals surface area (Å²) < 4.78 is 0. The van der Waals surface area contributed by atoms with E-state index in [0.29, 0.717) is 0 Å². The van der Waals surface area contributed by atoms with Gasteiger partial charge < -0.3 is 10.4 Å². The van der Waals surface area contributed by atoms with Crippen LogP contribution in [-0.4, -0.2) is 25.1 Å². The number of hydrogen-bond donors (Lipinski definition) is 1. The summed E-state index contributed by atoms with van der Waals surface area (Å²) in [6, 6.07) is 0. The Balaban J connectivity index is 0. The smallest absolute Gasteiger partial charge is 0.0742 e. The normalized spacial score (nSPS) is 9.00. The Kier molecular flexibility index (Phi) is 9.36. The lowest BCUT2D eigenvalue weighted by molar-refractivity contribution is -0.894. The van der Waals surface area contributed by atoms with Gasteiger partial charge in [-0.15, -0.1) is 0 Å². The molecular weight excluding hydrogens is 102 g/mol. The molecule has 0 aromatic heterocycles. The third-order valence-electron chi connectivity index (χ3n) is 1.50. The molecule has 0 heterocycles. The molecule has 0 atom stereocenters. The lowest BCUT2D eigenvalue weighted by Crippen LogP contribution is -3.11. The minimum absolute atomic E-state index is 0. The Morgan fingerprint density at radius 1 is 0.875 bits per heavy atom. The Bertz CT molecular complexity index is 30.0. The van der Waals surface area contributed by atoms with Gasteiger partial charge in [-0.05, 0) is 20.8 Å². The zero-order chi connectivity index (χ0) is 5.70. The van der Waals surface area contributed by atoms with Gasteiger partial charge >= 0.3 is 0 Å². The van der Waals surface area contributed by atoms with Crippen molar-refractivity contribution >= 4 is 0 Å². The maximum absolute atomic E-state index is 2.22. The molecule has 0 radical (unpaired) electrons. The average molecular weight is 119 g/mol. The maximum atomic E-state index is 2.22. The molecule has 0 rings (SSSR count). The van der Waals surface area contributed by atoms with Crippen molar-refractivity contribution in [1.29, 1.82) is 0 Å². The topological polar surface area (TPSA) is 34.4 Å². The molecule has 52 valence electrons. The first-order chi connectivity index (χ1) is 3.35. The fraction of sp³-hybridized carbons (Fsp3) is 1.00.